The van der Waals surface area contributed by atoms with Crippen molar-refractivity contribution in [2.45, 2.75) is 70.3 Å². The van der Waals surface area contributed by atoms with Crippen LogP contribution in [-0.2, 0) is 19.9 Å². The molecular formula is C31H37F5N2O4. The van der Waals surface area contributed by atoms with Crippen LogP contribution in [0.25, 0.3) is 0 Å². The van der Waals surface area contributed by atoms with Crippen molar-refractivity contribution in [3.63, 3.8) is 0 Å². The molecule has 230 valence electrons. The zero-order valence-corrected chi connectivity index (χ0v) is 24.5. The van der Waals surface area contributed by atoms with Crippen molar-refractivity contribution in [2.24, 2.45) is 5.41 Å². The molecular weight excluding hydrogens is 559 g/mol. The van der Waals surface area contributed by atoms with Crippen LogP contribution in [0.4, 0.5) is 26.7 Å². The van der Waals surface area contributed by atoms with Crippen molar-refractivity contribution < 1.29 is 41.0 Å². The quantitative estimate of drug-likeness (QED) is 0.368. The van der Waals surface area contributed by atoms with Crippen LogP contribution >= 0.6 is 0 Å². The van der Waals surface area contributed by atoms with Crippen LogP contribution in [0, 0.1) is 24.0 Å². The molecule has 0 radical (unpaired) electrons. The Kier molecular flexibility index (Phi) is 8.66. The van der Waals surface area contributed by atoms with Gasteiger partial charge in [-0.1, -0.05) is 18.2 Å². The summed E-state index contributed by atoms with van der Waals surface area (Å²) < 4.78 is 82.5. The van der Waals surface area contributed by atoms with Gasteiger partial charge in [0.1, 0.15) is 17.2 Å². The Balaban J connectivity index is 1.63. The smallest absolute Gasteiger partial charge is 0.430 e. The molecule has 0 aromatic heterocycles. The van der Waals surface area contributed by atoms with Gasteiger partial charge in [-0.2, -0.15) is 13.2 Å². The van der Waals surface area contributed by atoms with E-state index in [2.05, 4.69) is 0 Å². The summed E-state index contributed by atoms with van der Waals surface area (Å²) >= 11 is 0. The number of carbonyl (C=O) groups is 2. The molecule has 2 aliphatic rings. The van der Waals surface area contributed by atoms with Gasteiger partial charge in [0.05, 0.1) is 0 Å². The summed E-state index contributed by atoms with van der Waals surface area (Å²) in [5, 5.41) is 0. The number of amides is 2. The zero-order valence-electron chi connectivity index (χ0n) is 24.5. The average molecular weight is 597 g/mol. The highest BCUT2D eigenvalue weighted by Gasteiger charge is 2.64. The third-order valence-corrected chi connectivity index (χ3v) is 8.45. The number of nitrogens with zero attached hydrogens (tertiary/aromatic N) is 2. The summed E-state index contributed by atoms with van der Waals surface area (Å²) in [6.07, 6.45) is -4.42. The van der Waals surface area contributed by atoms with Gasteiger partial charge in [-0.3, -0.25) is 4.79 Å². The first kappa shape index (κ1) is 31.7. The predicted octanol–water partition coefficient (Wildman–Crippen LogP) is 6.71. The number of piperidine rings is 2. The molecule has 1 unspecified atom stereocenters. The van der Waals surface area contributed by atoms with E-state index < -0.39 is 52.0 Å². The van der Waals surface area contributed by atoms with Crippen molar-refractivity contribution >= 4 is 12.0 Å². The molecule has 0 saturated carbocycles. The van der Waals surface area contributed by atoms with Crippen molar-refractivity contribution in [1.29, 1.82) is 0 Å². The number of ether oxygens (including phenoxy) is 2. The Labute approximate surface area is 242 Å². The van der Waals surface area contributed by atoms with E-state index in [0.29, 0.717) is 31.9 Å². The van der Waals surface area contributed by atoms with Crippen LogP contribution in [-0.4, -0.2) is 66.9 Å². The second kappa shape index (κ2) is 11.5. The molecule has 2 amide bonds. The maximum Gasteiger partial charge on any atom is 0.430 e. The van der Waals surface area contributed by atoms with E-state index in [1.54, 1.807) is 37.8 Å². The Morgan fingerprint density at radius 2 is 1.45 bits per heavy atom. The van der Waals surface area contributed by atoms with Gasteiger partial charge >= 0.3 is 12.3 Å². The third-order valence-electron chi connectivity index (χ3n) is 8.45. The van der Waals surface area contributed by atoms with Gasteiger partial charge in [0.25, 0.3) is 11.5 Å². The number of hydrogen-bond acceptors (Lipinski definition) is 4. The van der Waals surface area contributed by atoms with E-state index in [1.807, 2.05) is 0 Å². The van der Waals surface area contributed by atoms with E-state index in [0.717, 1.165) is 29.7 Å². The second-order valence-corrected chi connectivity index (χ2v) is 12.3. The minimum absolute atomic E-state index is 0.00153. The Bertz CT molecular complexity index is 1280. The number of rotatable bonds is 4. The van der Waals surface area contributed by atoms with Gasteiger partial charge in [-0.15, -0.1) is 0 Å². The molecule has 2 aromatic carbocycles. The minimum atomic E-state index is -5.16. The zero-order chi connectivity index (χ0) is 31.1. The first-order valence-corrected chi connectivity index (χ1v) is 13.9. The van der Waals surface area contributed by atoms with Crippen molar-refractivity contribution in [3.05, 3.63) is 70.8 Å². The number of aryl methyl sites for hydroxylation is 1. The number of carbonyl (C=O) groups excluding carboxylic acids is 2. The fourth-order valence-electron chi connectivity index (χ4n) is 6.33. The standard InChI is InChI=1S/C31H37F5N2O4/c1-20-16-22(18-24(33)17-20)30(41-5,31(34,35)36)26(39)37-13-10-29(11-14-37)12-15-38(27(40)42-28(2,3)4)19-25(29)21-6-8-23(32)9-7-21/h6-9,16-18,25H,10-15,19H2,1-5H3/t25-,30?/m0/s1. The molecule has 0 aliphatic carbocycles. The summed E-state index contributed by atoms with van der Waals surface area (Å²) in [7, 11) is 0.800. The first-order chi connectivity index (χ1) is 19.5. The van der Waals surface area contributed by atoms with Gasteiger partial charge in [0, 0.05) is 44.8 Å². The lowest BCUT2D eigenvalue weighted by atomic mass is 9.62. The van der Waals surface area contributed by atoms with Crippen LogP contribution in [0.15, 0.2) is 42.5 Å². The molecule has 2 aromatic rings. The Hall–Kier alpha value is -3.21. The Morgan fingerprint density at radius 3 is 1.95 bits per heavy atom. The van der Waals surface area contributed by atoms with Crippen molar-refractivity contribution in [1.82, 2.24) is 9.80 Å². The van der Waals surface area contributed by atoms with Gasteiger partial charge in [-0.05, 0) is 87.8 Å². The second-order valence-electron chi connectivity index (χ2n) is 12.3. The lowest BCUT2D eigenvalue weighted by Crippen LogP contribution is -2.60. The average Bonchev–Trinajstić information content (AvgIpc) is 2.88. The molecule has 42 heavy (non-hydrogen) atoms. The predicted molar refractivity (Wildman–Crippen MR) is 146 cm³/mol. The van der Waals surface area contributed by atoms with E-state index in [-0.39, 0.29) is 31.1 Å². The normalized spacial score (nSPS) is 20.8. The van der Waals surface area contributed by atoms with Gasteiger partial charge in [0.2, 0.25) is 0 Å². The van der Waals surface area contributed by atoms with Crippen LogP contribution in [0.3, 0.4) is 0 Å². The lowest BCUT2D eigenvalue weighted by molar-refractivity contribution is -0.271. The lowest BCUT2D eigenvalue weighted by Gasteiger charge is -2.52. The molecule has 0 N–H and O–H groups in total. The highest BCUT2D eigenvalue weighted by molar-refractivity contribution is 5.88. The number of methoxy groups -OCH3 is 1. The van der Waals surface area contributed by atoms with Crippen molar-refractivity contribution in [3.8, 4) is 0 Å². The number of benzene rings is 2. The fourth-order valence-corrected chi connectivity index (χ4v) is 6.33. The summed E-state index contributed by atoms with van der Waals surface area (Å²) in [6, 6.07) is 8.86. The molecule has 0 bridgehead atoms. The maximum atomic E-state index is 14.7. The number of alkyl halides is 3. The molecule has 2 saturated heterocycles. The first-order valence-electron chi connectivity index (χ1n) is 13.9. The molecule has 2 atom stereocenters. The molecule has 2 fully saturated rings. The van der Waals surface area contributed by atoms with Crippen LogP contribution in [0.5, 0.6) is 0 Å². The van der Waals surface area contributed by atoms with E-state index in [9.17, 15) is 31.5 Å². The summed E-state index contributed by atoms with van der Waals surface area (Å²) in [6.45, 7) is 7.40. The summed E-state index contributed by atoms with van der Waals surface area (Å²) in [4.78, 5) is 29.4. The molecule has 6 nitrogen and oxygen atoms in total. The third kappa shape index (κ3) is 6.11. The minimum Gasteiger partial charge on any atom is -0.444 e. The van der Waals surface area contributed by atoms with Gasteiger partial charge < -0.3 is 19.3 Å². The topological polar surface area (TPSA) is 59.1 Å². The number of halogens is 5. The molecule has 2 aliphatic heterocycles. The van der Waals surface area contributed by atoms with E-state index in [1.165, 1.54) is 19.1 Å². The maximum absolute atomic E-state index is 14.7. The number of hydrogen-bond donors (Lipinski definition) is 0. The monoisotopic (exact) mass is 596 g/mol. The summed E-state index contributed by atoms with van der Waals surface area (Å²) in [5.74, 6) is -2.89. The highest BCUT2D eigenvalue weighted by atomic mass is 19.4. The molecule has 1 spiro atoms. The van der Waals surface area contributed by atoms with Crippen molar-refractivity contribution in [2.75, 3.05) is 33.3 Å². The van der Waals surface area contributed by atoms with Crippen LogP contribution < -0.4 is 0 Å². The van der Waals surface area contributed by atoms with E-state index >= 15 is 0 Å². The number of likely N-dealkylation sites (tertiary alicyclic amines) is 2. The fraction of sp³-hybridized carbons (Fsp3) is 0.548. The molecule has 11 heteroatoms. The molecule has 2 heterocycles. The van der Waals surface area contributed by atoms with Crippen LogP contribution in [0.1, 0.15) is 62.6 Å². The van der Waals surface area contributed by atoms with E-state index in [4.69, 9.17) is 9.47 Å². The largest absolute Gasteiger partial charge is 0.444 e. The highest BCUT2D eigenvalue weighted by Crippen LogP contribution is 2.51. The van der Waals surface area contributed by atoms with Crippen LogP contribution in [0.2, 0.25) is 0 Å². The molecule has 4 rings (SSSR count). The SMILES string of the molecule is COC(C(=O)N1CCC2(CCN(C(=O)OC(C)(C)C)C[C@H]2c2ccc(F)cc2)CC1)(c1cc(C)cc(F)c1)C(F)(F)F. The van der Waals surface area contributed by atoms with Gasteiger partial charge in [-0.25, -0.2) is 13.6 Å². The Morgan fingerprint density at radius 1 is 0.881 bits per heavy atom. The summed E-state index contributed by atoms with van der Waals surface area (Å²) in [5.41, 5.74) is -4.14. The van der Waals surface area contributed by atoms with Gasteiger partial charge in [0.15, 0.2) is 0 Å².